The molecule has 1 aromatic rings. The summed E-state index contributed by atoms with van der Waals surface area (Å²) in [5, 5.41) is 12.6. The number of hydrogen-bond acceptors (Lipinski definition) is 3. The number of nitrogens with one attached hydrogen (secondary N) is 1. The third kappa shape index (κ3) is 3.45. The van der Waals surface area contributed by atoms with Crippen LogP contribution in [0.1, 0.15) is 26.7 Å². The van der Waals surface area contributed by atoms with Gasteiger partial charge in [0.05, 0.1) is 0 Å². The van der Waals surface area contributed by atoms with E-state index in [0.29, 0.717) is 0 Å². The molecule has 0 radical (unpaired) electrons. The second-order valence-electron chi connectivity index (χ2n) is 5.81. The zero-order valence-electron chi connectivity index (χ0n) is 11.7. The zero-order valence-corrected chi connectivity index (χ0v) is 11.7. The van der Waals surface area contributed by atoms with E-state index in [9.17, 15) is 4.39 Å². The van der Waals surface area contributed by atoms with E-state index < -0.39 is 0 Å². The molecule has 1 heterocycles. The average molecular weight is 266 g/mol. The molecule has 1 aromatic carbocycles. The summed E-state index contributed by atoms with van der Waals surface area (Å²) in [6, 6.07) is 6.95. The molecule has 1 atom stereocenters. The number of hydrogen-bond donors (Lipinski definition) is 2. The van der Waals surface area contributed by atoms with Crippen LogP contribution >= 0.6 is 0 Å². The second kappa shape index (κ2) is 5.88. The highest BCUT2D eigenvalue weighted by molar-refractivity contribution is 5.49. The summed E-state index contributed by atoms with van der Waals surface area (Å²) in [6.45, 7) is 6.38. The van der Waals surface area contributed by atoms with Gasteiger partial charge in [-0.2, -0.15) is 0 Å². The summed E-state index contributed by atoms with van der Waals surface area (Å²) in [4.78, 5) is 2.31. The Labute approximate surface area is 114 Å². The first-order valence-corrected chi connectivity index (χ1v) is 6.90. The molecule has 19 heavy (non-hydrogen) atoms. The van der Waals surface area contributed by atoms with Crippen LogP contribution in [0.4, 0.5) is 10.1 Å². The quantitative estimate of drug-likeness (QED) is 0.880. The molecule has 0 saturated carbocycles. The maximum atomic E-state index is 13.1. The van der Waals surface area contributed by atoms with Gasteiger partial charge in [0.15, 0.2) is 0 Å². The Morgan fingerprint density at radius 3 is 2.68 bits per heavy atom. The molecule has 1 fully saturated rings. The van der Waals surface area contributed by atoms with Crippen molar-refractivity contribution in [3.05, 3.63) is 30.1 Å². The first-order valence-electron chi connectivity index (χ1n) is 6.90. The van der Waals surface area contributed by atoms with Crippen LogP contribution in [0.5, 0.6) is 0 Å². The van der Waals surface area contributed by atoms with Crippen molar-refractivity contribution < 1.29 is 9.50 Å². The summed E-state index contributed by atoms with van der Waals surface area (Å²) in [5.41, 5.74) is 1.06. The highest BCUT2D eigenvalue weighted by Crippen LogP contribution is 2.28. The Kier molecular flexibility index (Phi) is 4.42. The minimum Gasteiger partial charge on any atom is -0.396 e. The number of anilines is 1. The second-order valence-corrected chi connectivity index (χ2v) is 5.81. The van der Waals surface area contributed by atoms with Crippen molar-refractivity contribution in [1.82, 2.24) is 5.32 Å². The molecule has 3 nitrogen and oxygen atoms in total. The Morgan fingerprint density at radius 2 is 2.05 bits per heavy atom. The van der Waals surface area contributed by atoms with Crippen molar-refractivity contribution >= 4 is 5.69 Å². The molecule has 1 saturated heterocycles. The van der Waals surface area contributed by atoms with E-state index in [-0.39, 0.29) is 24.0 Å². The van der Waals surface area contributed by atoms with E-state index >= 15 is 0 Å². The van der Waals surface area contributed by atoms with Crippen LogP contribution < -0.4 is 10.2 Å². The molecule has 1 aliphatic rings. The molecule has 0 amide bonds. The predicted molar refractivity (Wildman–Crippen MR) is 75.9 cm³/mol. The largest absolute Gasteiger partial charge is 0.396 e. The summed E-state index contributed by atoms with van der Waals surface area (Å²) in [6.07, 6.45) is 1.76. The molecule has 106 valence electrons. The van der Waals surface area contributed by atoms with Crippen molar-refractivity contribution in [3.8, 4) is 0 Å². The molecule has 1 unspecified atom stereocenters. The average Bonchev–Trinajstić information content (AvgIpc) is 2.50. The minimum atomic E-state index is -0.207. The maximum Gasteiger partial charge on any atom is 0.123 e. The number of rotatable bonds is 3. The van der Waals surface area contributed by atoms with E-state index in [1.54, 1.807) is 0 Å². The molecule has 0 bridgehead atoms. The number of nitrogens with zero attached hydrogens (tertiary/aromatic N) is 1. The van der Waals surface area contributed by atoms with Crippen LogP contribution in [0.15, 0.2) is 24.3 Å². The summed E-state index contributed by atoms with van der Waals surface area (Å²) in [7, 11) is 0. The van der Waals surface area contributed by atoms with E-state index in [1.165, 1.54) is 12.1 Å². The number of aliphatic hydroxyl groups excluding tert-OH is 1. The molecule has 0 aliphatic carbocycles. The normalized spacial score (nSPS) is 23.2. The highest BCUT2D eigenvalue weighted by Gasteiger charge is 2.31. The number of halogens is 1. The molecule has 2 rings (SSSR count). The SMILES string of the molecule is CC1(C)CCNC(CCO)CN1c1ccc(F)cc1. The fourth-order valence-corrected chi connectivity index (χ4v) is 2.67. The number of benzene rings is 1. The third-order valence-corrected chi connectivity index (χ3v) is 3.92. The van der Waals surface area contributed by atoms with Gasteiger partial charge in [-0.3, -0.25) is 0 Å². The Bertz CT molecular complexity index is 405. The van der Waals surface area contributed by atoms with Gasteiger partial charge in [-0.1, -0.05) is 0 Å². The van der Waals surface area contributed by atoms with Gasteiger partial charge in [0, 0.05) is 30.4 Å². The first-order chi connectivity index (χ1) is 9.03. The fourth-order valence-electron chi connectivity index (χ4n) is 2.67. The van der Waals surface area contributed by atoms with Gasteiger partial charge in [0.1, 0.15) is 5.82 Å². The zero-order chi connectivity index (χ0) is 13.9. The number of aliphatic hydroxyl groups is 1. The Hall–Kier alpha value is -1.13. The van der Waals surface area contributed by atoms with Gasteiger partial charge >= 0.3 is 0 Å². The smallest absolute Gasteiger partial charge is 0.123 e. The van der Waals surface area contributed by atoms with Crippen molar-refractivity contribution in [2.75, 3.05) is 24.6 Å². The molecule has 2 N–H and O–H groups in total. The van der Waals surface area contributed by atoms with E-state index in [0.717, 1.165) is 31.6 Å². The minimum absolute atomic E-state index is 0.0229. The van der Waals surface area contributed by atoms with E-state index in [1.807, 2.05) is 12.1 Å². The molecular weight excluding hydrogens is 243 g/mol. The van der Waals surface area contributed by atoms with Gasteiger partial charge in [0.25, 0.3) is 0 Å². The molecule has 0 spiro atoms. The van der Waals surface area contributed by atoms with Crippen LogP contribution in [0.3, 0.4) is 0 Å². The van der Waals surface area contributed by atoms with Crippen molar-refractivity contribution in [2.45, 2.75) is 38.3 Å². The van der Waals surface area contributed by atoms with Crippen LogP contribution in [0.2, 0.25) is 0 Å². The van der Waals surface area contributed by atoms with Crippen LogP contribution in [0.25, 0.3) is 0 Å². The van der Waals surface area contributed by atoms with Gasteiger partial charge in [-0.25, -0.2) is 4.39 Å². The highest BCUT2D eigenvalue weighted by atomic mass is 19.1. The van der Waals surface area contributed by atoms with Crippen molar-refractivity contribution in [3.63, 3.8) is 0 Å². The first kappa shape index (κ1) is 14.3. The fraction of sp³-hybridized carbons (Fsp3) is 0.600. The van der Waals surface area contributed by atoms with Crippen molar-refractivity contribution in [1.29, 1.82) is 0 Å². The summed E-state index contributed by atoms with van der Waals surface area (Å²) in [5.74, 6) is -0.207. The van der Waals surface area contributed by atoms with E-state index in [4.69, 9.17) is 5.11 Å². The van der Waals surface area contributed by atoms with Crippen LogP contribution in [0, 0.1) is 5.82 Å². The standard InChI is InChI=1S/C15H23FN2O/c1-15(2)8-9-17-13(7-10-19)11-18(15)14-5-3-12(16)4-6-14/h3-6,13,17,19H,7-11H2,1-2H3. The lowest BCUT2D eigenvalue weighted by Crippen LogP contribution is -2.47. The monoisotopic (exact) mass is 266 g/mol. The summed E-state index contributed by atoms with van der Waals surface area (Å²) < 4.78 is 13.1. The lowest BCUT2D eigenvalue weighted by Gasteiger charge is -2.40. The summed E-state index contributed by atoms with van der Waals surface area (Å²) >= 11 is 0. The topological polar surface area (TPSA) is 35.5 Å². The molecule has 1 aliphatic heterocycles. The molecule has 0 aromatic heterocycles. The van der Waals surface area contributed by atoms with Crippen LogP contribution in [-0.4, -0.2) is 36.4 Å². The van der Waals surface area contributed by atoms with Crippen LogP contribution in [-0.2, 0) is 0 Å². The molecular formula is C15H23FN2O. The lowest BCUT2D eigenvalue weighted by atomic mass is 9.97. The Balaban J connectivity index is 2.23. The molecule has 4 heteroatoms. The lowest BCUT2D eigenvalue weighted by molar-refractivity contribution is 0.267. The maximum absolute atomic E-state index is 13.1. The Morgan fingerprint density at radius 1 is 1.37 bits per heavy atom. The van der Waals surface area contributed by atoms with Crippen molar-refractivity contribution in [2.24, 2.45) is 0 Å². The van der Waals surface area contributed by atoms with Gasteiger partial charge in [-0.05, 0) is 57.5 Å². The van der Waals surface area contributed by atoms with Gasteiger partial charge in [0.2, 0.25) is 0 Å². The third-order valence-electron chi connectivity index (χ3n) is 3.92. The van der Waals surface area contributed by atoms with Gasteiger partial charge in [-0.15, -0.1) is 0 Å². The predicted octanol–water partition coefficient (Wildman–Crippen LogP) is 2.16. The van der Waals surface area contributed by atoms with Gasteiger partial charge < -0.3 is 15.3 Å². The van der Waals surface area contributed by atoms with E-state index in [2.05, 4.69) is 24.1 Å².